The van der Waals surface area contributed by atoms with Crippen LogP contribution >= 0.6 is 0 Å². The van der Waals surface area contributed by atoms with Gasteiger partial charge in [0.15, 0.2) is 0 Å². The molecule has 1 atom stereocenters. The predicted molar refractivity (Wildman–Crippen MR) is 169 cm³/mol. The van der Waals surface area contributed by atoms with E-state index in [-0.39, 0.29) is 17.7 Å². The molecule has 44 heavy (non-hydrogen) atoms. The molecule has 240 valence electrons. The molecule has 1 aromatic carbocycles. The lowest BCUT2D eigenvalue weighted by atomic mass is 9.73. The zero-order chi connectivity index (χ0) is 31.2. The first-order chi connectivity index (χ1) is 21.1. The zero-order valence-corrected chi connectivity index (χ0v) is 27.0. The van der Waals surface area contributed by atoms with E-state index in [9.17, 15) is 18.0 Å². The number of benzene rings is 1. The molecule has 0 radical (unpaired) electrons. The number of piperidine rings is 2. The number of carbonyl (C=O) groups is 2. The third kappa shape index (κ3) is 8.15. The van der Waals surface area contributed by atoms with Crippen LogP contribution in [-0.2, 0) is 32.5 Å². The van der Waals surface area contributed by atoms with Crippen molar-refractivity contribution in [2.24, 2.45) is 5.41 Å². The Bertz CT molecular complexity index is 1420. The Balaban J connectivity index is 1.15. The van der Waals surface area contributed by atoms with Crippen molar-refractivity contribution in [3.05, 3.63) is 53.1 Å². The highest BCUT2D eigenvalue weighted by atomic mass is 32.2. The van der Waals surface area contributed by atoms with Crippen LogP contribution in [0.25, 0.3) is 0 Å². The largest absolute Gasteiger partial charge is 0.491 e. The van der Waals surface area contributed by atoms with Crippen molar-refractivity contribution in [2.75, 3.05) is 45.6 Å². The van der Waals surface area contributed by atoms with Gasteiger partial charge in [-0.2, -0.15) is 0 Å². The van der Waals surface area contributed by atoms with Gasteiger partial charge in [0.2, 0.25) is 21.8 Å². The summed E-state index contributed by atoms with van der Waals surface area (Å²) in [6.07, 6.45) is 10.0. The predicted octanol–water partition coefficient (Wildman–Crippen LogP) is 3.78. The highest BCUT2D eigenvalue weighted by Gasteiger charge is 2.41. The van der Waals surface area contributed by atoms with Crippen molar-refractivity contribution in [1.82, 2.24) is 24.5 Å². The van der Waals surface area contributed by atoms with E-state index in [2.05, 4.69) is 21.4 Å². The summed E-state index contributed by atoms with van der Waals surface area (Å²) in [4.78, 5) is 37.9. The Hall–Kier alpha value is -3.05. The van der Waals surface area contributed by atoms with Gasteiger partial charge in [-0.25, -0.2) is 22.7 Å². The van der Waals surface area contributed by atoms with Crippen LogP contribution in [0.1, 0.15) is 86.5 Å². The van der Waals surface area contributed by atoms with Gasteiger partial charge in [-0.1, -0.05) is 31.0 Å². The first-order valence-electron chi connectivity index (χ1n) is 16.2. The van der Waals surface area contributed by atoms with Gasteiger partial charge < -0.3 is 15.0 Å². The standard InChI is InChI=1S/C33H47N5O5S/c1-25-35-28(23-29(36-25)27-11-8-19-38(24-27)44(2,41)42)13-14-31(39)37-20-16-33(17-21-37)15-7-3-4-9-26-10-5-6-12-30(26)43-22-18-34-32(33)40/h5-6,10,12,23,27H,3-4,7-9,11,13-22,24H2,1-2H3,(H,34,40). The summed E-state index contributed by atoms with van der Waals surface area (Å²) in [6, 6.07) is 10.1. The highest BCUT2D eigenvalue weighted by Crippen LogP contribution is 2.38. The molecule has 0 bridgehead atoms. The summed E-state index contributed by atoms with van der Waals surface area (Å²) in [5.41, 5.74) is 2.44. The second-order valence-electron chi connectivity index (χ2n) is 12.7. The summed E-state index contributed by atoms with van der Waals surface area (Å²) in [5, 5.41) is 3.13. The molecule has 1 N–H and O–H groups in total. The molecule has 10 nitrogen and oxygen atoms in total. The number of sulfonamides is 1. The fourth-order valence-electron chi connectivity index (χ4n) is 6.96. The van der Waals surface area contributed by atoms with Gasteiger partial charge in [-0.05, 0) is 76.0 Å². The van der Waals surface area contributed by atoms with E-state index in [1.165, 1.54) is 16.1 Å². The van der Waals surface area contributed by atoms with Crippen molar-refractivity contribution in [2.45, 2.75) is 83.5 Å². The summed E-state index contributed by atoms with van der Waals surface area (Å²) in [7, 11) is -3.25. The lowest BCUT2D eigenvalue weighted by Gasteiger charge is -2.41. The molecule has 1 aromatic heterocycles. The third-order valence-electron chi connectivity index (χ3n) is 9.55. The van der Waals surface area contributed by atoms with E-state index in [1.54, 1.807) is 0 Å². The molecule has 3 aliphatic rings. The van der Waals surface area contributed by atoms with Crippen LogP contribution in [0.15, 0.2) is 30.3 Å². The number of hydrogen-bond donors (Lipinski definition) is 1. The minimum absolute atomic E-state index is 0.0243. The van der Waals surface area contributed by atoms with E-state index >= 15 is 0 Å². The molecule has 2 saturated heterocycles. The number of amides is 2. The number of aromatic nitrogens is 2. The van der Waals surface area contributed by atoms with E-state index in [1.807, 2.05) is 36.1 Å². The molecule has 1 spiro atoms. The molecule has 5 rings (SSSR count). The van der Waals surface area contributed by atoms with Crippen molar-refractivity contribution in [3.8, 4) is 5.75 Å². The van der Waals surface area contributed by atoms with E-state index in [0.29, 0.717) is 70.8 Å². The Labute approximate surface area is 262 Å². The molecule has 2 fully saturated rings. The van der Waals surface area contributed by atoms with E-state index < -0.39 is 15.4 Å². The summed E-state index contributed by atoms with van der Waals surface area (Å²) < 4.78 is 31.7. The average Bonchev–Trinajstić information content (AvgIpc) is 3.02. The van der Waals surface area contributed by atoms with E-state index in [0.717, 1.165) is 62.1 Å². The maximum Gasteiger partial charge on any atom is 0.226 e. The third-order valence-corrected chi connectivity index (χ3v) is 10.8. The number of nitrogens with one attached hydrogen (secondary N) is 1. The van der Waals surface area contributed by atoms with Crippen LogP contribution in [0.2, 0.25) is 0 Å². The monoisotopic (exact) mass is 625 g/mol. The van der Waals surface area contributed by atoms with Gasteiger partial charge in [0.1, 0.15) is 18.2 Å². The minimum atomic E-state index is -3.25. The maximum absolute atomic E-state index is 13.5. The zero-order valence-electron chi connectivity index (χ0n) is 26.2. The Morgan fingerprint density at radius 1 is 1.07 bits per heavy atom. The lowest BCUT2D eigenvalue weighted by Crippen LogP contribution is -2.50. The van der Waals surface area contributed by atoms with Crippen LogP contribution in [-0.4, -0.2) is 85.0 Å². The van der Waals surface area contributed by atoms with Crippen LogP contribution in [0.5, 0.6) is 5.75 Å². The highest BCUT2D eigenvalue weighted by molar-refractivity contribution is 7.88. The second kappa shape index (κ2) is 14.4. The molecule has 1 unspecified atom stereocenters. The van der Waals surface area contributed by atoms with Crippen molar-refractivity contribution in [1.29, 1.82) is 0 Å². The van der Waals surface area contributed by atoms with Crippen LogP contribution in [0.3, 0.4) is 0 Å². The van der Waals surface area contributed by atoms with Gasteiger partial charge in [0, 0.05) is 49.9 Å². The quantitative estimate of drug-likeness (QED) is 0.537. The van der Waals surface area contributed by atoms with Crippen molar-refractivity contribution in [3.63, 3.8) is 0 Å². The van der Waals surface area contributed by atoms with Gasteiger partial charge >= 0.3 is 0 Å². The van der Waals surface area contributed by atoms with E-state index in [4.69, 9.17) is 4.74 Å². The fraction of sp³-hybridized carbons (Fsp3) is 0.636. The Morgan fingerprint density at radius 2 is 1.86 bits per heavy atom. The SMILES string of the molecule is Cc1nc(CCC(=O)N2CCC3(CCCCCc4ccccc4OCCNC3=O)CC2)cc(C2CCCN(S(C)(=O)=O)C2)n1. The molecule has 11 heteroatoms. The second-order valence-corrected chi connectivity index (χ2v) is 14.7. The fourth-order valence-corrected chi connectivity index (χ4v) is 7.88. The van der Waals surface area contributed by atoms with Crippen molar-refractivity contribution < 1.29 is 22.7 Å². The smallest absolute Gasteiger partial charge is 0.226 e. The number of fused-ring (bicyclic) bond motifs is 1. The van der Waals surface area contributed by atoms with Gasteiger partial charge in [-0.3, -0.25) is 9.59 Å². The minimum Gasteiger partial charge on any atom is -0.491 e. The Kier molecular flexibility index (Phi) is 10.6. The topological polar surface area (TPSA) is 122 Å². The summed E-state index contributed by atoms with van der Waals surface area (Å²) in [5.74, 6) is 1.73. The van der Waals surface area contributed by atoms with Gasteiger partial charge in [0.25, 0.3) is 0 Å². The summed E-state index contributed by atoms with van der Waals surface area (Å²) in [6.45, 7) is 4.86. The van der Waals surface area contributed by atoms with Crippen LogP contribution in [0, 0.1) is 12.3 Å². The lowest BCUT2D eigenvalue weighted by molar-refractivity contribution is -0.141. The number of aryl methyl sites for hydroxylation is 3. The first kappa shape index (κ1) is 32.3. The normalized spacial score (nSPS) is 22.1. The molecule has 2 aromatic rings. The van der Waals surface area contributed by atoms with Gasteiger partial charge in [-0.15, -0.1) is 0 Å². The molecule has 3 aliphatic heterocycles. The molecular formula is C33H47N5O5S. The molecule has 4 heterocycles. The maximum atomic E-state index is 13.5. The van der Waals surface area contributed by atoms with Crippen LogP contribution < -0.4 is 10.1 Å². The Morgan fingerprint density at radius 3 is 2.66 bits per heavy atom. The first-order valence-corrected chi connectivity index (χ1v) is 18.0. The van der Waals surface area contributed by atoms with Crippen LogP contribution in [0.4, 0.5) is 0 Å². The molecule has 0 saturated carbocycles. The number of rotatable bonds is 5. The van der Waals surface area contributed by atoms with Gasteiger partial charge in [0.05, 0.1) is 18.2 Å². The number of nitrogens with zero attached hydrogens (tertiary/aromatic N) is 4. The molecule has 2 amide bonds. The molecular weight excluding hydrogens is 578 g/mol. The summed E-state index contributed by atoms with van der Waals surface area (Å²) >= 11 is 0. The number of ether oxygens (including phenoxy) is 1. The number of carbonyl (C=O) groups excluding carboxylic acids is 2. The number of likely N-dealkylation sites (tertiary alicyclic amines) is 1. The molecule has 0 aliphatic carbocycles. The number of hydrogen-bond acceptors (Lipinski definition) is 7. The number of para-hydroxylation sites is 1. The van der Waals surface area contributed by atoms with Crippen molar-refractivity contribution >= 4 is 21.8 Å². The average molecular weight is 626 g/mol.